The summed E-state index contributed by atoms with van der Waals surface area (Å²) in [6.07, 6.45) is 16.9. The lowest BCUT2D eigenvalue weighted by Crippen LogP contribution is -2.03. The van der Waals surface area contributed by atoms with Crippen molar-refractivity contribution in [3.63, 3.8) is 0 Å². The monoisotopic (exact) mass is 462 g/mol. The zero-order chi connectivity index (χ0) is 23.8. The number of fused-ring (bicyclic) bond motifs is 1. The number of nitrogens with zero attached hydrogens (tertiary/aromatic N) is 2. The normalized spacial score (nSPS) is 11.1. The van der Waals surface area contributed by atoms with Crippen molar-refractivity contribution in [2.24, 2.45) is 0 Å². The molecule has 0 aliphatic heterocycles. The summed E-state index contributed by atoms with van der Waals surface area (Å²) in [5.41, 5.74) is 3.66. The van der Waals surface area contributed by atoms with Crippen LogP contribution in [0.2, 0.25) is 0 Å². The molecule has 0 atom stereocenters. The van der Waals surface area contributed by atoms with Crippen LogP contribution in [0.3, 0.4) is 0 Å². The topological polar surface area (TPSA) is 44.2 Å². The molecular weight excluding hydrogens is 420 g/mol. The molecule has 0 spiro atoms. The largest absolute Gasteiger partial charge is 0.490 e. The highest BCUT2D eigenvalue weighted by molar-refractivity contribution is 5.77. The molecule has 0 bridgehead atoms. The van der Waals surface area contributed by atoms with Gasteiger partial charge in [0.05, 0.1) is 36.1 Å². The molecule has 184 valence electrons. The van der Waals surface area contributed by atoms with E-state index in [0.29, 0.717) is 6.61 Å². The molecule has 0 radical (unpaired) electrons. The summed E-state index contributed by atoms with van der Waals surface area (Å²) >= 11 is 0. The quantitative estimate of drug-likeness (QED) is 0.188. The van der Waals surface area contributed by atoms with E-state index >= 15 is 0 Å². The molecule has 0 amide bonds. The van der Waals surface area contributed by atoms with Crippen LogP contribution < -0.4 is 9.47 Å². The predicted octanol–water partition coefficient (Wildman–Crippen LogP) is 8.78. The van der Waals surface area contributed by atoms with Crippen molar-refractivity contribution in [1.82, 2.24) is 9.97 Å². The van der Waals surface area contributed by atoms with Crippen LogP contribution in [0.25, 0.3) is 22.3 Å². The lowest BCUT2D eigenvalue weighted by atomic mass is 10.1. The van der Waals surface area contributed by atoms with Gasteiger partial charge in [0, 0.05) is 5.56 Å². The van der Waals surface area contributed by atoms with E-state index in [1.807, 2.05) is 36.5 Å². The maximum atomic E-state index is 6.23. The number of aromatic nitrogens is 2. The van der Waals surface area contributed by atoms with Crippen LogP contribution in [0.5, 0.6) is 11.5 Å². The Balaban J connectivity index is 1.63. The summed E-state index contributed by atoms with van der Waals surface area (Å²) in [5.74, 6) is 1.64. The minimum Gasteiger partial charge on any atom is -0.490 e. The molecule has 3 rings (SSSR count). The summed E-state index contributed by atoms with van der Waals surface area (Å²) < 4.78 is 12.4. The van der Waals surface area contributed by atoms with Gasteiger partial charge in [-0.1, -0.05) is 90.2 Å². The van der Waals surface area contributed by atoms with Gasteiger partial charge < -0.3 is 9.47 Å². The summed E-state index contributed by atoms with van der Waals surface area (Å²) in [5, 5.41) is 0. The zero-order valence-electron chi connectivity index (χ0n) is 21.2. The Morgan fingerprint density at radius 1 is 0.618 bits per heavy atom. The standard InChI is InChI=1S/C30H42N2O2/c1-3-5-7-9-11-15-21-33-29-20-19-25(23-30(29)34-22-16-12-10-8-6-4-2)28-24-31-26-17-13-14-18-27(26)32-28/h13-14,17-20,23-24H,3-12,15-16,21-22H2,1-2H3. The number of hydrogen-bond acceptors (Lipinski definition) is 4. The number of benzene rings is 2. The molecule has 0 aliphatic carbocycles. The SMILES string of the molecule is CCCCCCCCOc1ccc(-c2cnc3ccccc3n2)cc1OCCCCCCCC. The Kier molecular flexibility index (Phi) is 11.7. The first-order valence-corrected chi connectivity index (χ1v) is 13.4. The van der Waals surface area contributed by atoms with Crippen LogP contribution in [0, 0.1) is 0 Å². The van der Waals surface area contributed by atoms with Crippen molar-refractivity contribution >= 4 is 11.0 Å². The highest BCUT2D eigenvalue weighted by atomic mass is 16.5. The fourth-order valence-corrected chi connectivity index (χ4v) is 4.12. The molecule has 0 unspecified atom stereocenters. The number of rotatable bonds is 17. The van der Waals surface area contributed by atoms with E-state index in [0.717, 1.165) is 53.2 Å². The predicted molar refractivity (Wildman–Crippen MR) is 143 cm³/mol. The highest BCUT2D eigenvalue weighted by Crippen LogP contribution is 2.33. The van der Waals surface area contributed by atoms with E-state index in [4.69, 9.17) is 14.5 Å². The Bertz CT molecular complexity index is 973. The van der Waals surface area contributed by atoms with E-state index in [1.165, 1.54) is 64.2 Å². The van der Waals surface area contributed by atoms with Crippen LogP contribution in [0.1, 0.15) is 90.9 Å². The molecule has 2 aromatic carbocycles. The van der Waals surface area contributed by atoms with Crippen molar-refractivity contribution < 1.29 is 9.47 Å². The number of para-hydroxylation sites is 2. The van der Waals surface area contributed by atoms with Crippen molar-refractivity contribution in [3.8, 4) is 22.8 Å². The molecular formula is C30H42N2O2. The van der Waals surface area contributed by atoms with Gasteiger partial charge >= 0.3 is 0 Å². The second-order valence-electron chi connectivity index (χ2n) is 9.14. The summed E-state index contributed by atoms with van der Waals surface area (Å²) in [7, 11) is 0. The van der Waals surface area contributed by atoms with Gasteiger partial charge in [0.15, 0.2) is 11.5 Å². The maximum Gasteiger partial charge on any atom is 0.161 e. The molecule has 0 fully saturated rings. The van der Waals surface area contributed by atoms with E-state index in [-0.39, 0.29) is 0 Å². The molecule has 1 aromatic heterocycles. The van der Waals surface area contributed by atoms with Gasteiger partial charge in [-0.25, -0.2) is 4.98 Å². The number of ether oxygens (including phenoxy) is 2. The van der Waals surface area contributed by atoms with Crippen LogP contribution in [-0.4, -0.2) is 23.2 Å². The number of hydrogen-bond donors (Lipinski definition) is 0. The zero-order valence-corrected chi connectivity index (χ0v) is 21.2. The Hall–Kier alpha value is -2.62. The fraction of sp³-hybridized carbons (Fsp3) is 0.533. The van der Waals surface area contributed by atoms with Gasteiger partial charge in [-0.3, -0.25) is 4.98 Å². The Morgan fingerprint density at radius 3 is 1.88 bits per heavy atom. The highest BCUT2D eigenvalue weighted by Gasteiger charge is 2.10. The first-order valence-electron chi connectivity index (χ1n) is 13.4. The van der Waals surface area contributed by atoms with E-state index < -0.39 is 0 Å². The number of unbranched alkanes of at least 4 members (excludes halogenated alkanes) is 10. The third-order valence-electron chi connectivity index (χ3n) is 6.20. The molecule has 34 heavy (non-hydrogen) atoms. The van der Waals surface area contributed by atoms with Crippen molar-refractivity contribution in [3.05, 3.63) is 48.7 Å². The average molecular weight is 463 g/mol. The first kappa shape index (κ1) is 26.0. The van der Waals surface area contributed by atoms with Crippen LogP contribution >= 0.6 is 0 Å². The molecule has 0 saturated heterocycles. The van der Waals surface area contributed by atoms with Gasteiger partial charge in [0.2, 0.25) is 0 Å². The fourth-order valence-electron chi connectivity index (χ4n) is 4.12. The lowest BCUT2D eigenvalue weighted by molar-refractivity contribution is 0.258. The van der Waals surface area contributed by atoms with E-state index in [2.05, 4.69) is 31.0 Å². The molecule has 3 aromatic rings. The van der Waals surface area contributed by atoms with Gasteiger partial charge in [0.25, 0.3) is 0 Å². The van der Waals surface area contributed by atoms with E-state index in [1.54, 1.807) is 0 Å². The van der Waals surface area contributed by atoms with Crippen LogP contribution in [-0.2, 0) is 0 Å². The Morgan fingerprint density at radius 2 is 1.21 bits per heavy atom. The van der Waals surface area contributed by atoms with E-state index in [9.17, 15) is 0 Å². The van der Waals surface area contributed by atoms with Crippen LogP contribution in [0.4, 0.5) is 0 Å². The Labute approximate surface area is 206 Å². The third-order valence-corrected chi connectivity index (χ3v) is 6.20. The molecule has 4 nitrogen and oxygen atoms in total. The smallest absolute Gasteiger partial charge is 0.161 e. The van der Waals surface area contributed by atoms with Crippen LogP contribution in [0.15, 0.2) is 48.7 Å². The van der Waals surface area contributed by atoms with Gasteiger partial charge in [-0.2, -0.15) is 0 Å². The van der Waals surface area contributed by atoms with Gasteiger partial charge in [-0.05, 0) is 43.2 Å². The van der Waals surface area contributed by atoms with Crippen molar-refractivity contribution in [1.29, 1.82) is 0 Å². The average Bonchev–Trinajstić information content (AvgIpc) is 2.88. The second-order valence-corrected chi connectivity index (χ2v) is 9.14. The maximum absolute atomic E-state index is 6.23. The minimum atomic E-state index is 0.715. The van der Waals surface area contributed by atoms with Gasteiger partial charge in [-0.15, -0.1) is 0 Å². The minimum absolute atomic E-state index is 0.715. The summed E-state index contributed by atoms with van der Waals surface area (Å²) in [6, 6.07) is 14.1. The molecule has 0 aliphatic rings. The second kappa shape index (κ2) is 15.3. The summed E-state index contributed by atoms with van der Waals surface area (Å²) in [4.78, 5) is 9.38. The molecule has 1 heterocycles. The lowest BCUT2D eigenvalue weighted by Gasteiger charge is -2.14. The van der Waals surface area contributed by atoms with Gasteiger partial charge in [0.1, 0.15) is 0 Å². The van der Waals surface area contributed by atoms with Crippen molar-refractivity contribution in [2.75, 3.05) is 13.2 Å². The summed E-state index contributed by atoms with van der Waals surface area (Å²) in [6.45, 7) is 5.95. The third kappa shape index (κ3) is 8.62. The molecule has 0 saturated carbocycles. The van der Waals surface area contributed by atoms with Crippen molar-refractivity contribution in [2.45, 2.75) is 90.9 Å². The molecule has 4 heteroatoms. The molecule has 0 N–H and O–H groups in total. The first-order chi connectivity index (χ1) is 16.8.